The fourth-order valence-electron chi connectivity index (χ4n) is 7.62. The normalized spacial score (nSPS) is 20.2. The minimum Gasteiger partial charge on any atom is -0.369 e. The van der Waals surface area contributed by atoms with Crippen molar-refractivity contribution in [1.29, 1.82) is 0 Å². The molecule has 0 N–H and O–H groups in total. The molecule has 1 fully saturated rings. The summed E-state index contributed by atoms with van der Waals surface area (Å²) in [5, 5.41) is 0. The smallest absolute Gasteiger partial charge is 0.115 e. The molecule has 5 atom stereocenters. The van der Waals surface area contributed by atoms with Gasteiger partial charge in [0.1, 0.15) is 18.3 Å². The van der Waals surface area contributed by atoms with Crippen molar-refractivity contribution in [2.24, 2.45) is 0 Å². The highest BCUT2D eigenvalue weighted by atomic mass is 16.6. The fourth-order valence-corrected chi connectivity index (χ4v) is 7.62. The zero-order valence-corrected chi connectivity index (χ0v) is 33.9. The zero-order valence-electron chi connectivity index (χ0n) is 33.9. The molecule has 1 unspecified atom stereocenters. The number of ether oxygens (including phenoxy) is 5. The molecule has 6 heteroatoms. The highest BCUT2D eigenvalue weighted by Crippen LogP contribution is 2.30. The lowest BCUT2D eigenvalue weighted by atomic mass is 9.94. The Bertz CT molecular complexity index is 1640. The van der Waals surface area contributed by atoms with Crippen molar-refractivity contribution in [2.45, 2.75) is 115 Å². The van der Waals surface area contributed by atoms with Crippen LogP contribution in [-0.2, 0) is 56.7 Å². The van der Waals surface area contributed by atoms with Gasteiger partial charge in [0.15, 0.2) is 0 Å². The van der Waals surface area contributed by atoms with Crippen LogP contribution in [0.15, 0.2) is 152 Å². The molecule has 57 heavy (non-hydrogen) atoms. The van der Waals surface area contributed by atoms with Gasteiger partial charge in [0.05, 0.1) is 45.2 Å². The van der Waals surface area contributed by atoms with Crippen LogP contribution in [0.3, 0.4) is 0 Å². The third-order valence-electron chi connectivity index (χ3n) is 10.8. The predicted octanol–water partition coefficient (Wildman–Crippen LogP) is 11.0. The number of nitrogens with zero attached hydrogens (tertiary/aromatic N) is 1. The van der Waals surface area contributed by atoms with Gasteiger partial charge in [-0.25, -0.2) is 0 Å². The molecule has 0 bridgehead atoms. The summed E-state index contributed by atoms with van der Waals surface area (Å²) in [5.41, 5.74) is 5.54. The van der Waals surface area contributed by atoms with E-state index in [1.165, 1.54) is 38.5 Å². The second kappa shape index (κ2) is 24.6. The summed E-state index contributed by atoms with van der Waals surface area (Å²) < 4.78 is 35.4. The summed E-state index contributed by atoms with van der Waals surface area (Å²) in [6.07, 6.45) is 6.69. The van der Waals surface area contributed by atoms with Gasteiger partial charge in [0, 0.05) is 13.1 Å². The molecule has 1 aliphatic rings. The number of unbranched alkanes of at least 4 members (excludes halogenated alkanes) is 6. The molecule has 0 aromatic heterocycles. The van der Waals surface area contributed by atoms with Gasteiger partial charge < -0.3 is 23.7 Å². The summed E-state index contributed by atoms with van der Waals surface area (Å²) in [7, 11) is 0. The molecule has 0 saturated carbocycles. The molecule has 0 radical (unpaired) electrons. The van der Waals surface area contributed by atoms with Gasteiger partial charge in [-0.3, -0.25) is 4.90 Å². The summed E-state index contributed by atoms with van der Waals surface area (Å²) in [6, 6.07) is 52.1. The largest absolute Gasteiger partial charge is 0.369 e. The van der Waals surface area contributed by atoms with Crippen LogP contribution in [0.25, 0.3) is 0 Å². The van der Waals surface area contributed by atoms with Gasteiger partial charge in [0.25, 0.3) is 0 Å². The van der Waals surface area contributed by atoms with Crippen LogP contribution >= 0.6 is 0 Å². The third-order valence-corrected chi connectivity index (χ3v) is 10.8. The molecular formula is C51H63NO5. The SMILES string of the molecule is CCCCCCCCCN1C[C@H](OCc2ccccc2)[C@@H](OCc2ccccc2)C(OCc2ccccc2)[C@H](OCc2ccccc2)[C@H](OCc2ccccc2)C1. The Morgan fingerprint density at radius 2 is 0.667 bits per heavy atom. The van der Waals surface area contributed by atoms with E-state index in [-0.39, 0.29) is 12.2 Å². The summed E-state index contributed by atoms with van der Waals surface area (Å²) in [6.45, 7) is 6.76. The Balaban J connectivity index is 1.37. The Morgan fingerprint density at radius 1 is 0.368 bits per heavy atom. The second-order valence-corrected chi connectivity index (χ2v) is 15.3. The van der Waals surface area contributed by atoms with E-state index in [0.717, 1.165) is 40.8 Å². The van der Waals surface area contributed by atoms with Crippen molar-refractivity contribution in [3.63, 3.8) is 0 Å². The summed E-state index contributed by atoms with van der Waals surface area (Å²) >= 11 is 0. The standard InChI is InChI=1S/C51H63NO5/c1-2-3-4-5-6-7-23-34-52-35-47(53-37-42-24-13-8-14-25-42)49(55-39-44-28-17-10-18-29-44)51(57-41-46-32-21-12-22-33-46)50(56-40-45-30-19-11-20-31-45)48(36-52)54-38-43-26-15-9-16-27-43/h8-22,24-33,47-51H,2-7,23,34-41H2,1H3/t47-,48+,49-,50-,51?/m1/s1. The Hall–Kier alpha value is -4.14. The van der Waals surface area contributed by atoms with Crippen molar-refractivity contribution in [3.8, 4) is 0 Å². The van der Waals surface area contributed by atoms with Crippen LogP contribution in [0.1, 0.15) is 79.7 Å². The Morgan fingerprint density at radius 3 is 1.02 bits per heavy atom. The minimum absolute atomic E-state index is 0.308. The molecule has 6 nitrogen and oxygen atoms in total. The first-order valence-corrected chi connectivity index (χ1v) is 21.2. The molecule has 0 aliphatic carbocycles. The lowest BCUT2D eigenvalue weighted by Gasteiger charge is -2.45. The van der Waals surface area contributed by atoms with Crippen LogP contribution < -0.4 is 0 Å². The average molecular weight is 770 g/mol. The van der Waals surface area contributed by atoms with E-state index in [1.807, 2.05) is 30.3 Å². The maximum Gasteiger partial charge on any atom is 0.115 e. The van der Waals surface area contributed by atoms with Crippen LogP contribution in [-0.4, -0.2) is 55.1 Å². The second-order valence-electron chi connectivity index (χ2n) is 15.3. The number of hydrogen-bond donors (Lipinski definition) is 0. The molecule has 1 heterocycles. The van der Waals surface area contributed by atoms with Gasteiger partial charge in [-0.05, 0) is 40.8 Å². The molecule has 302 valence electrons. The third kappa shape index (κ3) is 14.6. The highest BCUT2D eigenvalue weighted by Gasteiger charge is 2.45. The monoisotopic (exact) mass is 769 g/mol. The van der Waals surface area contributed by atoms with Crippen molar-refractivity contribution in [3.05, 3.63) is 179 Å². The molecule has 0 spiro atoms. The molecule has 0 amide bonds. The van der Waals surface area contributed by atoms with Gasteiger partial charge in [-0.1, -0.05) is 197 Å². The van der Waals surface area contributed by atoms with E-state index in [9.17, 15) is 0 Å². The predicted molar refractivity (Wildman–Crippen MR) is 230 cm³/mol. The van der Waals surface area contributed by atoms with E-state index < -0.39 is 18.3 Å². The molecule has 5 aromatic rings. The maximum absolute atomic E-state index is 7.12. The van der Waals surface area contributed by atoms with Crippen molar-refractivity contribution in [2.75, 3.05) is 19.6 Å². The highest BCUT2D eigenvalue weighted by molar-refractivity contribution is 5.17. The number of hydrogen-bond acceptors (Lipinski definition) is 6. The van der Waals surface area contributed by atoms with Crippen LogP contribution in [0, 0.1) is 0 Å². The topological polar surface area (TPSA) is 49.4 Å². The first-order chi connectivity index (χ1) is 28.2. The van der Waals surface area contributed by atoms with Crippen molar-refractivity contribution >= 4 is 0 Å². The number of likely N-dealkylation sites (tertiary alicyclic amines) is 1. The van der Waals surface area contributed by atoms with E-state index in [1.54, 1.807) is 0 Å². The van der Waals surface area contributed by atoms with Crippen LogP contribution in [0.4, 0.5) is 0 Å². The van der Waals surface area contributed by atoms with Crippen molar-refractivity contribution in [1.82, 2.24) is 4.90 Å². The minimum atomic E-state index is -0.514. The number of rotatable bonds is 23. The van der Waals surface area contributed by atoms with Crippen LogP contribution in [0.2, 0.25) is 0 Å². The molecular weight excluding hydrogens is 707 g/mol. The van der Waals surface area contributed by atoms with Gasteiger partial charge in [0.2, 0.25) is 0 Å². The quantitative estimate of drug-likeness (QED) is 0.0617. The van der Waals surface area contributed by atoms with E-state index in [4.69, 9.17) is 23.7 Å². The summed E-state index contributed by atoms with van der Waals surface area (Å²) in [5.74, 6) is 0. The van der Waals surface area contributed by atoms with E-state index >= 15 is 0 Å². The molecule has 1 aliphatic heterocycles. The number of benzene rings is 5. The molecule has 6 rings (SSSR count). The molecule has 5 aromatic carbocycles. The average Bonchev–Trinajstić information content (AvgIpc) is 3.26. The summed E-state index contributed by atoms with van der Waals surface area (Å²) in [4.78, 5) is 2.54. The zero-order chi connectivity index (χ0) is 39.2. The lowest BCUT2D eigenvalue weighted by molar-refractivity contribution is -0.229. The van der Waals surface area contributed by atoms with Gasteiger partial charge >= 0.3 is 0 Å². The first kappa shape index (κ1) is 42.5. The van der Waals surface area contributed by atoms with E-state index in [2.05, 4.69) is 133 Å². The first-order valence-electron chi connectivity index (χ1n) is 21.2. The Kier molecular flexibility index (Phi) is 18.3. The van der Waals surface area contributed by atoms with Crippen molar-refractivity contribution < 1.29 is 23.7 Å². The van der Waals surface area contributed by atoms with Gasteiger partial charge in [-0.15, -0.1) is 0 Å². The fraction of sp³-hybridized carbons (Fsp3) is 0.412. The van der Waals surface area contributed by atoms with Crippen LogP contribution in [0.5, 0.6) is 0 Å². The van der Waals surface area contributed by atoms with Gasteiger partial charge in [-0.2, -0.15) is 0 Å². The molecule has 1 saturated heterocycles. The Labute approximate surface area is 342 Å². The maximum atomic E-state index is 7.12. The lowest BCUT2D eigenvalue weighted by Crippen LogP contribution is -2.61. The van der Waals surface area contributed by atoms with E-state index in [0.29, 0.717) is 46.1 Å².